The maximum Gasteiger partial charge on any atom is 0.147 e. The van der Waals surface area contributed by atoms with Gasteiger partial charge in [0.05, 0.1) is 18.2 Å². The average molecular weight is 341 g/mol. The molecule has 0 saturated carbocycles. The number of aliphatic hydroxyl groups is 1. The number of fused-ring (bicyclic) bond motifs is 1. The van der Waals surface area contributed by atoms with Gasteiger partial charge in [0.15, 0.2) is 0 Å². The molecule has 0 aliphatic carbocycles. The van der Waals surface area contributed by atoms with Crippen LogP contribution in [0.15, 0.2) is 24.3 Å². The molecule has 1 aliphatic heterocycles. The minimum atomic E-state index is -0.588. The largest absolute Gasteiger partial charge is 0.491 e. The van der Waals surface area contributed by atoms with Crippen molar-refractivity contribution < 1.29 is 9.84 Å². The topological polar surface area (TPSA) is 87.2 Å². The molecule has 0 saturated heterocycles. The highest BCUT2D eigenvalue weighted by atomic mass is 16.5. The molecule has 1 aromatic heterocycles. The molecule has 0 unspecified atom stereocenters. The molecule has 2 heterocycles. The van der Waals surface area contributed by atoms with E-state index < -0.39 is 6.10 Å². The van der Waals surface area contributed by atoms with E-state index in [0.717, 1.165) is 24.7 Å². The monoisotopic (exact) mass is 341 g/mol. The molecule has 0 spiro atoms. The first-order valence-electron chi connectivity index (χ1n) is 8.52. The highest BCUT2D eigenvalue weighted by molar-refractivity contribution is 5.34. The lowest BCUT2D eigenvalue weighted by Gasteiger charge is -2.29. The van der Waals surface area contributed by atoms with Crippen LogP contribution in [0.2, 0.25) is 0 Å². The zero-order chi connectivity index (χ0) is 17.8. The molecule has 25 heavy (non-hydrogen) atoms. The fraction of sp³-hybridized carbons (Fsp3) is 0.500. The third-order valence-electron chi connectivity index (χ3n) is 4.27. The second kappa shape index (κ2) is 7.64. The van der Waals surface area contributed by atoms with Crippen LogP contribution in [0.25, 0.3) is 0 Å². The van der Waals surface area contributed by atoms with Crippen molar-refractivity contribution in [3.63, 3.8) is 0 Å². The van der Waals surface area contributed by atoms with Gasteiger partial charge in [0.1, 0.15) is 30.1 Å². The molecule has 3 rings (SSSR count). The van der Waals surface area contributed by atoms with E-state index in [9.17, 15) is 5.11 Å². The van der Waals surface area contributed by atoms with Gasteiger partial charge < -0.3 is 14.4 Å². The van der Waals surface area contributed by atoms with Crippen molar-refractivity contribution in [3.05, 3.63) is 41.5 Å². The lowest BCUT2D eigenvalue weighted by molar-refractivity contribution is 0.0581. The van der Waals surface area contributed by atoms with Crippen molar-refractivity contribution >= 4 is 0 Å². The Balaban J connectivity index is 1.50. The smallest absolute Gasteiger partial charge is 0.147 e. The number of hydrogen-bond acceptors (Lipinski definition) is 6. The average Bonchev–Trinajstić information content (AvgIpc) is 3.04. The van der Waals surface area contributed by atoms with E-state index in [1.165, 1.54) is 0 Å². The van der Waals surface area contributed by atoms with Gasteiger partial charge in [0.25, 0.3) is 0 Å². The summed E-state index contributed by atoms with van der Waals surface area (Å²) in [7, 11) is 0. The van der Waals surface area contributed by atoms with Gasteiger partial charge in [0.2, 0.25) is 0 Å². The van der Waals surface area contributed by atoms with Crippen LogP contribution in [-0.2, 0) is 13.1 Å². The molecular weight excluding hydrogens is 318 g/mol. The Bertz CT molecular complexity index is 748. The van der Waals surface area contributed by atoms with Crippen LogP contribution in [-0.4, -0.2) is 50.6 Å². The third kappa shape index (κ3) is 4.16. The van der Waals surface area contributed by atoms with Crippen LogP contribution in [0.5, 0.6) is 5.75 Å². The number of hydrogen-bond donors (Lipinski definition) is 1. The van der Waals surface area contributed by atoms with E-state index in [0.29, 0.717) is 30.3 Å². The molecule has 1 aliphatic rings. The Morgan fingerprint density at radius 3 is 2.68 bits per heavy atom. The van der Waals surface area contributed by atoms with Gasteiger partial charge in [-0.3, -0.25) is 4.90 Å². The van der Waals surface area contributed by atoms with E-state index in [1.807, 2.05) is 0 Å². The number of aliphatic hydroxyl groups excluding tert-OH is 1. The van der Waals surface area contributed by atoms with Gasteiger partial charge in [-0.25, -0.2) is 0 Å². The second-order valence-electron chi connectivity index (χ2n) is 6.62. The van der Waals surface area contributed by atoms with Crippen LogP contribution in [0.3, 0.4) is 0 Å². The molecule has 1 aromatic carbocycles. The Morgan fingerprint density at radius 2 is 2.00 bits per heavy atom. The lowest BCUT2D eigenvalue weighted by Crippen LogP contribution is -2.40. The number of β-amino-alcohol motifs (C(OH)–C–C–N with tert-alkyl or cyclic N) is 1. The summed E-state index contributed by atoms with van der Waals surface area (Å²) in [5.74, 6) is 2.99. The number of rotatable bonds is 6. The SMILES string of the molecule is CC(C)c1nnc2n1CCN(C[C@H](O)COc1ccc(C#N)cc1)C2. The summed E-state index contributed by atoms with van der Waals surface area (Å²) in [5.41, 5.74) is 0.589. The molecule has 0 amide bonds. The van der Waals surface area contributed by atoms with Crippen LogP contribution >= 0.6 is 0 Å². The third-order valence-corrected chi connectivity index (χ3v) is 4.27. The molecular formula is C18H23N5O2. The molecule has 7 heteroatoms. The summed E-state index contributed by atoms with van der Waals surface area (Å²) in [6.07, 6.45) is -0.588. The van der Waals surface area contributed by atoms with Crippen molar-refractivity contribution in [3.8, 4) is 11.8 Å². The lowest BCUT2D eigenvalue weighted by atomic mass is 10.2. The number of nitrogens with zero attached hydrogens (tertiary/aromatic N) is 5. The van der Waals surface area contributed by atoms with Crippen molar-refractivity contribution in [2.24, 2.45) is 0 Å². The standard InChI is InChI=1S/C18H23N5O2/c1-13(2)18-21-20-17-11-22(7-8-23(17)18)10-15(24)12-25-16-5-3-14(9-19)4-6-16/h3-6,13,15,24H,7-8,10-12H2,1-2H3/t15-/m0/s1. The van der Waals surface area contributed by atoms with Crippen molar-refractivity contribution in [2.75, 3.05) is 19.7 Å². The van der Waals surface area contributed by atoms with Crippen molar-refractivity contribution in [2.45, 2.75) is 39.0 Å². The molecule has 2 aromatic rings. The van der Waals surface area contributed by atoms with Gasteiger partial charge in [-0.15, -0.1) is 10.2 Å². The van der Waals surface area contributed by atoms with Crippen LogP contribution in [0.4, 0.5) is 0 Å². The van der Waals surface area contributed by atoms with Gasteiger partial charge >= 0.3 is 0 Å². The first kappa shape index (κ1) is 17.4. The van der Waals surface area contributed by atoms with Crippen molar-refractivity contribution in [1.82, 2.24) is 19.7 Å². The molecule has 1 atom stereocenters. The molecule has 7 nitrogen and oxygen atoms in total. The van der Waals surface area contributed by atoms with Gasteiger partial charge in [0, 0.05) is 25.6 Å². The van der Waals surface area contributed by atoms with Crippen LogP contribution in [0, 0.1) is 11.3 Å². The fourth-order valence-corrected chi connectivity index (χ4v) is 2.98. The van der Waals surface area contributed by atoms with Gasteiger partial charge in [-0.2, -0.15) is 5.26 Å². The van der Waals surface area contributed by atoms with Gasteiger partial charge in [-0.05, 0) is 24.3 Å². The Hall–Kier alpha value is -2.43. The van der Waals surface area contributed by atoms with Crippen LogP contribution < -0.4 is 4.74 Å². The number of aromatic nitrogens is 3. The summed E-state index contributed by atoms with van der Waals surface area (Å²) in [5, 5.41) is 27.6. The van der Waals surface area contributed by atoms with E-state index in [2.05, 4.69) is 39.6 Å². The molecule has 132 valence electrons. The number of nitriles is 1. The normalized spacial score (nSPS) is 15.6. The van der Waals surface area contributed by atoms with E-state index in [4.69, 9.17) is 10.00 Å². The minimum Gasteiger partial charge on any atom is -0.491 e. The van der Waals surface area contributed by atoms with Crippen molar-refractivity contribution in [1.29, 1.82) is 5.26 Å². The Kier molecular flexibility index (Phi) is 5.31. The first-order chi connectivity index (χ1) is 12.1. The summed E-state index contributed by atoms with van der Waals surface area (Å²) in [6.45, 7) is 7.37. The molecule has 0 fully saturated rings. The highest BCUT2D eigenvalue weighted by Gasteiger charge is 2.23. The highest BCUT2D eigenvalue weighted by Crippen LogP contribution is 2.18. The van der Waals surface area contributed by atoms with Gasteiger partial charge in [-0.1, -0.05) is 13.8 Å². The summed E-state index contributed by atoms with van der Waals surface area (Å²) in [6, 6.07) is 8.94. The second-order valence-corrected chi connectivity index (χ2v) is 6.62. The maximum atomic E-state index is 10.2. The zero-order valence-corrected chi connectivity index (χ0v) is 14.6. The number of ether oxygens (including phenoxy) is 1. The van der Waals surface area contributed by atoms with E-state index >= 15 is 0 Å². The predicted molar refractivity (Wildman–Crippen MR) is 92.0 cm³/mol. The quantitative estimate of drug-likeness (QED) is 0.857. The molecule has 1 N–H and O–H groups in total. The molecule has 0 radical (unpaired) electrons. The number of benzene rings is 1. The Morgan fingerprint density at radius 1 is 1.24 bits per heavy atom. The van der Waals surface area contributed by atoms with Crippen LogP contribution in [0.1, 0.15) is 37.0 Å². The predicted octanol–water partition coefficient (Wildman–Crippen LogP) is 1.53. The van der Waals surface area contributed by atoms with E-state index in [-0.39, 0.29) is 6.61 Å². The molecule has 0 bridgehead atoms. The summed E-state index contributed by atoms with van der Waals surface area (Å²) < 4.78 is 7.78. The summed E-state index contributed by atoms with van der Waals surface area (Å²) >= 11 is 0. The fourth-order valence-electron chi connectivity index (χ4n) is 2.98. The zero-order valence-electron chi connectivity index (χ0n) is 14.6. The Labute approximate surface area is 147 Å². The summed E-state index contributed by atoms with van der Waals surface area (Å²) in [4.78, 5) is 2.17. The maximum absolute atomic E-state index is 10.2. The minimum absolute atomic E-state index is 0.215. The first-order valence-corrected chi connectivity index (χ1v) is 8.52. The van der Waals surface area contributed by atoms with E-state index in [1.54, 1.807) is 24.3 Å².